The normalized spacial score (nSPS) is 19.8. The van der Waals surface area contributed by atoms with Crippen molar-refractivity contribution >= 4 is 28.9 Å². The van der Waals surface area contributed by atoms with E-state index in [1.54, 1.807) is 12.1 Å². The Morgan fingerprint density at radius 1 is 1.46 bits per heavy atom. The van der Waals surface area contributed by atoms with Crippen LogP contribution in [0.15, 0.2) is 18.2 Å². The van der Waals surface area contributed by atoms with E-state index in [4.69, 9.17) is 28.5 Å². The first kappa shape index (κ1) is 8.68. The maximum atomic E-state index is 8.62. The van der Waals surface area contributed by atoms with E-state index in [2.05, 4.69) is 6.07 Å². The van der Waals surface area contributed by atoms with Crippen LogP contribution in [0.5, 0.6) is 0 Å². The Balaban J connectivity index is 2.29. The molecule has 1 atom stereocenters. The molecular weight excluding hydrogens is 207 g/mol. The molecule has 2 nitrogen and oxygen atoms in total. The molecule has 13 heavy (non-hydrogen) atoms. The number of rotatable bonds is 1. The number of anilines is 1. The zero-order chi connectivity index (χ0) is 9.42. The third-order valence-electron chi connectivity index (χ3n) is 1.98. The van der Waals surface area contributed by atoms with E-state index in [1.807, 2.05) is 11.0 Å². The van der Waals surface area contributed by atoms with Gasteiger partial charge in [0, 0.05) is 5.02 Å². The monoisotopic (exact) mass is 212 g/mol. The highest BCUT2D eigenvalue weighted by atomic mass is 35.5. The lowest BCUT2D eigenvalue weighted by molar-refractivity contribution is 1.26. The van der Waals surface area contributed by atoms with Gasteiger partial charge in [-0.3, -0.25) is 0 Å². The molecule has 0 N–H and O–H groups in total. The Kier molecular flexibility index (Phi) is 2.07. The maximum Gasteiger partial charge on any atom is 0.134 e. The van der Waals surface area contributed by atoms with Gasteiger partial charge in [0.2, 0.25) is 0 Å². The Hall–Kier alpha value is -0.910. The fraction of sp³-hybridized carbons (Fsp3) is 0.222. The molecule has 0 amide bonds. The average molecular weight is 213 g/mol. The summed E-state index contributed by atoms with van der Waals surface area (Å²) in [4.78, 5) is 1.93. The van der Waals surface area contributed by atoms with E-state index < -0.39 is 0 Å². The van der Waals surface area contributed by atoms with Crippen molar-refractivity contribution in [1.82, 2.24) is 0 Å². The number of nitriles is 1. The molecule has 1 aliphatic heterocycles. The predicted molar refractivity (Wildman–Crippen MR) is 53.2 cm³/mol. The molecule has 1 unspecified atom stereocenters. The molecule has 2 rings (SSSR count). The van der Waals surface area contributed by atoms with Gasteiger partial charge in [-0.2, -0.15) is 5.26 Å². The third kappa shape index (κ3) is 1.58. The van der Waals surface area contributed by atoms with E-state index in [0.717, 1.165) is 12.2 Å². The van der Waals surface area contributed by atoms with Gasteiger partial charge in [-0.1, -0.05) is 23.2 Å². The molecule has 0 aliphatic carbocycles. The Bertz CT molecular complexity index is 384. The first-order valence-electron chi connectivity index (χ1n) is 3.83. The summed E-state index contributed by atoms with van der Waals surface area (Å²) in [7, 11) is 0. The number of hydrogen-bond donors (Lipinski definition) is 0. The van der Waals surface area contributed by atoms with Gasteiger partial charge in [0.05, 0.1) is 23.3 Å². The molecule has 1 aromatic rings. The Labute approximate surface area is 86.3 Å². The first-order valence-corrected chi connectivity index (χ1v) is 4.59. The topological polar surface area (TPSA) is 26.8 Å². The number of halogens is 2. The summed E-state index contributed by atoms with van der Waals surface area (Å²) in [5, 5.41) is 9.84. The number of hydrogen-bond acceptors (Lipinski definition) is 2. The summed E-state index contributed by atoms with van der Waals surface area (Å²) in [6, 6.07) is 7.44. The van der Waals surface area contributed by atoms with Crippen molar-refractivity contribution in [3.63, 3.8) is 0 Å². The van der Waals surface area contributed by atoms with Gasteiger partial charge < -0.3 is 4.90 Å². The Morgan fingerprint density at radius 2 is 2.23 bits per heavy atom. The second-order valence-electron chi connectivity index (χ2n) is 2.89. The predicted octanol–water partition coefficient (Wildman–Crippen LogP) is 2.71. The number of nitrogens with zero attached hydrogens (tertiary/aromatic N) is 2. The van der Waals surface area contributed by atoms with E-state index in [1.165, 1.54) is 0 Å². The molecule has 4 heteroatoms. The number of benzene rings is 1. The largest absolute Gasteiger partial charge is 0.350 e. The van der Waals surface area contributed by atoms with Crippen molar-refractivity contribution < 1.29 is 0 Å². The van der Waals surface area contributed by atoms with Crippen LogP contribution < -0.4 is 4.90 Å². The molecule has 66 valence electrons. The minimum absolute atomic E-state index is 0.0151. The second kappa shape index (κ2) is 3.10. The third-order valence-corrected chi connectivity index (χ3v) is 2.52. The van der Waals surface area contributed by atoms with Gasteiger partial charge in [0.1, 0.15) is 6.04 Å². The lowest BCUT2D eigenvalue weighted by atomic mass is 10.3. The molecule has 0 spiro atoms. The minimum atomic E-state index is -0.0151. The maximum absolute atomic E-state index is 8.62. The standard InChI is InChI=1S/C9H6Cl2N2/c10-6-1-2-9(8(11)3-6)13-5-7(13)4-12/h1-3,7H,5H2. The van der Waals surface area contributed by atoms with Crippen LogP contribution in [-0.4, -0.2) is 12.6 Å². The highest BCUT2D eigenvalue weighted by molar-refractivity contribution is 6.36. The van der Waals surface area contributed by atoms with Crippen LogP contribution in [0.1, 0.15) is 0 Å². The quantitative estimate of drug-likeness (QED) is 0.670. The van der Waals surface area contributed by atoms with E-state index in [-0.39, 0.29) is 6.04 Å². The van der Waals surface area contributed by atoms with Crippen LogP contribution in [0.25, 0.3) is 0 Å². The highest BCUT2D eigenvalue weighted by Gasteiger charge is 2.35. The molecule has 0 radical (unpaired) electrons. The molecule has 0 aromatic heterocycles. The van der Waals surface area contributed by atoms with Crippen LogP contribution in [-0.2, 0) is 0 Å². The van der Waals surface area contributed by atoms with E-state index >= 15 is 0 Å². The summed E-state index contributed by atoms with van der Waals surface area (Å²) in [6.07, 6.45) is 0. The van der Waals surface area contributed by atoms with Gasteiger partial charge in [-0.15, -0.1) is 0 Å². The molecule has 1 heterocycles. The zero-order valence-corrected chi connectivity index (χ0v) is 8.18. The van der Waals surface area contributed by atoms with Crippen LogP contribution in [0.3, 0.4) is 0 Å². The minimum Gasteiger partial charge on any atom is -0.350 e. The average Bonchev–Trinajstić information content (AvgIpc) is 2.83. The summed E-state index contributed by atoms with van der Waals surface area (Å²) in [6.45, 7) is 0.762. The molecule has 1 fully saturated rings. The highest BCUT2D eigenvalue weighted by Crippen LogP contribution is 2.35. The fourth-order valence-electron chi connectivity index (χ4n) is 1.23. The molecular formula is C9H6Cl2N2. The second-order valence-corrected chi connectivity index (χ2v) is 3.74. The van der Waals surface area contributed by atoms with Crippen molar-refractivity contribution in [2.24, 2.45) is 0 Å². The van der Waals surface area contributed by atoms with Crippen molar-refractivity contribution in [2.75, 3.05) is 11.4 Å². The SMILES string of the molecule is N#CC1CN1c1ccc(Cl)cc1Cl. The van der Waals surface area contributed by atoms with E-state index in [9.17, 15) is 0 Å². The molecule has 1 saturated heterocycles. The van der Waals surface area contributed by atoms with Gasteiger partial charge in [-0.05, 0) is 18.2 Å². The molecule has 1 aliphatic rings. The van der Waals surface area contributed by atoms with Crippen molar-refractivity contribution in [3.05, 3.63) is 28.2 Å². The lowest BCUT2D eigenvalue weighted by Gasteiger charge is -2.05. The van der Waals surface area contributed by atoms with Crippen molar-refractivity contribution in [1.29, 1.82) is 5.26 Å². The molecule has 0 saturated carbocycles. The smallest absolute Gasteiger partial charge is 0.134 e. The van der Waals surface area contributed by atoms with E-state index in [0.29, 0.717) is 10.0 Å². The van der Waals surface area contributed by atoms with Gasteiger partial charge in [0.15, 0.2) is 0 Å². The van der Waals surface area contributed by atoms with Crippen LogP contribution in [0, 0.1) is 11.3 Å². The zero-order valence-electron chi connectivity index (χ0n) is 6.67. The van der Waals surface area contributed by atoms with Crippen molar-refractivity contribution in [2.45, 2.75) is 6.04 Å². The van der Waals surface area contributed by atoms with Gasteiger partial charge in [0.25, 0.3) is 0 Å². The summed E-state index contributed by atoms with van der Waals surface area (Å²) in [5.74, 6) is 0. The van der Waals surface area contributed by atoms with Crippen LogP contribution in [0.4, 0.5) is 5.69 Å². The summed E-state index contributed by atoms with van der Waals surface area (Å²) < 4.78 is 0. The first-order chi connectivity index (χ1) is 6.22. The molecule has 1 aromatic carbocycles. The van der Waals surface area contributed by atoms with Crippen LogP contribution >= 0.6 is 23.2 Å². The summed E-state index contributed by atoms with van der Waals surface area (Å²) in [5.41, 5.74) is 0.887. The Morgan fingerprint density at radius 3 is 2.77 bits per heavy atom. The van der Waals surface area contributed by atoms with Gasteiger partial charge >= 0.3 is 0 Å². The fourth-order valence-corrected chi connectivity index (χ4v) is 1.75. The van der Waals surface area contributed by atoms with Crippen molar-refractivity contribution in [3.8, 4) is 6.07 Å². The summed E-state index contributed by atoms with van der Waals surface area (Å²) >= 11 is 11.7. The van der Waals surface area contributed by atoms with Crippen LogP contribution in [0.2, 0.25) is 10.0 Å². The van der Waals surface area contributed by atoms with Gasteiger partial charge in [-0.25, -0.2) is 0 Å². The molecule has 0 bridgehead atoms. The lowest BCUT2D eigenvalue weighted by Crippen LogP contribution is -1.96.